The number of ketones is 1. The van der Waals surface area contributed by atoms with Crippen LogP contribution in [0.4, 0.5) is 0 Å². The van der Waals surface area contributed by atoms with Crippen LogP contribution >= 0.6 is 0 Å². The molecule has 0 radical (unpaired) electrons. The van der Waals surface area contributed by atoms with Crippen molar-refractivity contribution in [2.45, 2.75) is 13.0 Å². The molecule has 0 aliphatic carbocycles. The Labute approximate surface area is 192 Å². The molecule has 0 spiro atoms. The van der Waals surface area contributed by atoms with Crippen LogP contribution in [-0.2, 0) is 13.0 Å². The normalized spacial score (nSPS) is 16.1. The summed E-state index contributed by atoms with van der Waals surface area (Å²) in [7, 11) is 3.26. The van der Waals surface area contributed by atoms with Gasteiger partial charge in [-0.2, -0.15) is 0 Å². The minimum atomic E-state index is -0.126. The van der Waals surface area contributed by atoms with E-state index in [-0.39, 0.29) is 5.78 Å². The Morgan fingerprint density at radius 2 is 2.00 bits per heavy atom. The molecule has 0 N–H and O–H groups in total. The number of hydrogen-bond donors (Lipinski definition) is 0. The lowest BCUT2D eigenvalue weighted by molar-refractivity contribution is 0.0949. The molecule has 0 saturated carbocycles. The zero-order valence-corrected chi connectivity index (χ0v) is 18.5. The van der Waals surface area contributed by atoms with Gasteiger partial charge in [0.1, 0.15) is 18.2 Å². The van der Waals surface area contributed by atoms with Crippen LogP contribution in [0.25, 0.3) is 6.08 Å². The molecule has 3 heterocycles. The van der Waals surface area contributed by atoms with E-state index in [0.717, 1.165) is 35.4 Å². The number of pyridine rings is 1. The molecule has 1 aromatic heterocycles. The molecule has 2 aliphatic heterocycles. The van der Waals surface area contributed by atoms with Gasteiger partial charge in [-0.05, 0) is 54.0 Å². The highest BCUT2D eigenvalue weighted by Crippen LogP contribution is 2.42. The van der Waals surface area contributed by atoms with E-state index in [4.69, 9.17) is 18.9 Å². The summed E-state index contributed by atoms with van der Waals surface area (Å²) >= 11 is 0. The number of ether oxygens (including phenoxy) is 4. The van der Waals surface area contributed by atoms with E-state index < -0.39 is 0 Å². The zero-order chi connectivity index (χ0) is 22.8. The number of aromatic nitrogens is 1. The van der Waals surface area contributed by atoms with Crippen LogP contribution in [0.5, 0.6) is 23.0 Å². The lowest BCUT2D eigenvalue weighted by Crippen LogP contribution is -2.33. The fraction of sp³-hybridized carbons (Fsp3) is 0.231. The highest BCUT2D eigenvalue weighted by molar-refractivity contribution is 6.15. The van der Waals surface area contributed by atoms with Crippen molar-refractivity contribution in [3.8, 4) is 23.0 Å². The fourth-order valence-corrected chi connectivity index (χ4v) is 4.08. The van der Waals surface area contributed by atoms with Gasteiger partial charge in [0.15, 0.2) is 17.3 Å². The van der Waals surface area contributed by atoms with Crippen molar-refractivity contribution in [3.05, 3.63) is 82.9 Å². The van der Waals surface area contributed by atoms with Gasteiger partial charge in [0.25, 0.3) is 0 Å². The number of allylic oxidation sites excluding steroid dienone is 1. The molecule has 0 saturated heterocycles. The topological polar surface area (TPSA) is 70.1 Å². The summed E-state index contributed by atoms with van der Waals surface area (Å²) in [6.45, 7) is 1.90. The van der Waals surface area contributed by atoms with Gasteiger partial charge in [-0.25, -0.2) is 0 Å². The van der Waals surface area contributed by atoms with Crippen molar-refractivity contribution < 1.29 is 23.7 Å². The number of rotatable bonds is 6. The molecule has 0 fully saturated rings. The summed E-state index contributed by atoms with van der Waals surface area (Å²) < 4.78 is 22.7. The third-order valence-electron chi connectivity index (χ3n) is 5.83. The maximum atomic E-state index is 12.9. The molecule has 7 heteroatoms. The van der Waals surface area contributed by atoms with E-state index in [9.17, 15) is 4.79 Å². The number of nitrogens with zero attached hydrogens (tertiary/aromatic N) is 2. The summed E-state index contributed by atoms with van der Waals surface area (Å²) in [5.41, 5.74) is 3.42. The second-order valence-corrected chi connectivity index (χ2v) is 7.91. The maximum absolute atomic E-state index is 12.9. The molecular weight excluding hydrogens is 420 g/mol. The standard InChI is InChI=1S/C26H24N2O5/c1-30-22-7-5-17(12-23(22)31-2)9-11-28-15-20-21(32-16-28)8-6-19-25(29)24(33-26(19)20)13-18-4-3-10-27-14-18/h3-8,10,12-14H,9,11,15-16H2,1-2H3. The Kier molecular flexibility index (Phi) is 5.71. The monoisotopic (exact) mass is 444 g/mol. The third kappa shape index (κ3) is 4.15. The molecule has 0 amide bonds. The van der Waals surface area contributed by atoms with Crippen molar-refractivity contribution in [2.24, 2.45) is 0 Å². The molecular formula is C26H24N2O5. The van der Waals surface area contributed by atoms with Crippen LogP contribution < -0.4 is 18.9 Å². The smallest absolute Gasteiger partial charge is 0.231 e. The average molecular weight is 444 g/mol. The van der Waals surface area contributed by atoms with Gasteiger partial charge >= 0.3 is 0 Å². The molecule has 7 nitrogen and oxygen atoms in total. The summed E-state index contributed by atoms with van der Waals surface area (Å²) in [5.74, 6) is 2.94. The number of hydrogen-bond acceptors (Lipinski definition) is 7. The lowest BCUT2D eigenvalue weighted by Gasteiger charge is -2.29. The number of fused-ring (bicyclic) bond motifs is 3. The molecule has 3 aromatic rings. The number of benzene rings is 2. The first-order valence-corrected chi connectivity index (χ1v) is 10.7. The van der Waals surface area contributed by atoms with Crippen LogP contribution in [0.3, 0.4) is 0 Å². The second kappa shape index (κ2) is 8.96. The van der Waals surface area contributed by atoms with Gasteiger partial charge in [-0.15, -0.1) is 0 Å². The molecule has 0 unspecified atom stereocenters. The van der Waals surface area contributed by atoms with Crippen molar-refractivity contribution in [2.75, 3.05) is 27.5 Å². The summed E-state index contributed by atoms with van der Waals surface area (Å²) in [4.78, 5) is 19.2. The predicted octanol–water partition coefficient (Wildman–Crippen LogP) is 4.11. The van der Waals surface area contributed by atoms with E-state index in [0.29, 0.717) is 41.8 Å². The molecule has 5 rings (SSSR count). The van der Waals surface area contributed by atoms with E-state index >= 15 is 0 Å². The van der Waals surface area contributed by atoms with Gasteiger partial charge in [-0.1, -0.05) is 12.1 Å². The van der Waals surface area contributed by atoms with E-state index in [1.165, 1.54) is 0 Å². The maximum Gasteiger partial charge on any atom is 0.231 e. The van der Waals surface area contributed by atoms with Crippen molar-refractivity contribution in [1.29, 1.82) is 0 Å². The van der Waals surface area contributed by atoms with Gasteiger partial charge in [0, 0.05) is 25.5 Å². The Morgan fingerprint density at radius 1 is 1.12 bits per heavy atom. The second-order valence-electron chi connectivity index (χ2n) is 7.91. The molecule has 0 bridgehead atoms. The fourth-order valence-electron chi connectivity index (χ4n) is 4.08. The van der Waals surface area contributed by atoms with E-state index in [2.05, 4.69) is 9.88 Å². The molecule has 33 heavy (non-hydrogen) atoms. The van der Waals surface area contributed by atoms with Gasteiger partial charge in [-0.3, -0.25) is 14.7 Å². The van der Waals surface area contributed by atoms with Crippen molar-refractivity contribution in [3.63, 3.8) is 0 Å². The zero-order valence-electron chi connectivity index (χ0n) is 18.5. The molecule has 168 valence electrons. The molecule has 2 aliphatic rings. The quantitative estimate of drug-likeness (QED) is 0.530. The predicted molar refractivity (Wildman–Crippen MR) is 123 cm³/mol. The van der Waals surface area contributed by atoms with Gasteiger partial charge in [0.2, 0.25) is 5.78 Å². The highest BCUT2D eigenvalue weighted by Gasteiger charge is 2.33. The Morgan fingerprint density at radius 3 is 2.79 bits per heavy atom. The lowest BCUT2D eigenvalue weighted by atomic mass is 10.0. The number of Topliss-reactive ketones (excluding diaryl/α,β-unsaturated/α-hetero) is 1. The van der Waals surface area contributed by atoms with Gasteiger partial charge < -0.3 is 18.9 Å². The largest absolute Gasteiger partial charge is 0.493 e. The average Bonchev–Trinajstić information content (AvgIpc) is 3.18. The van der Waals surface area contributed by atoms with Crippen molar-refractivity contribution >= 4 is 11.9 Å². The third-order valence-corrected chi connectivity index (χ3v) is 5.83. The number of methoxy groups -OCH3 is 2. The number of carbonyl (C=O) groups excluding carboxylic acids is 1. The summed E-state index contributed by atoms with van der Waals surface area (Å²) in [6.07, 6.45) is 5.93. The van der Waals surface area contributed by atoms with E-state index in [1.54, 1.807) is 38.8 Å². The van der Waals surface area contributed by atoms with E-state index in [1.807, 2.05) is 36.4 Å². The molecule has 0 atom stereocenters. The minimum Gasteiger partial charge on any atom is -0.493 e. The molecule has 2 aromatic carbocycles. The number of carbonyl (C=O) groups is 1. The SMILES string of the molecule is COc1ccc(CCN2COc3ccc4c(c3C2)OC(=Cc2cccnc2)C4=O)cc1OC. The van der Waals surface area contributed by atoms with Crippen LogP contribution in [0.15, 0.2) is 60.6 Å². The Bertz CT molecular complexity index is 1220. The van der Waals surface area contributed by atoms with Crippen LogP contribution in [-0.4, -0.2) is 43.2 Å². The Hall–Kier alpha value is -3.84. The van der Waals surface area contributed by atoms with Gasteiger partial charge in [0.05, 0.1) is 25.3 Å². The first kappa shape index (κ1) is 21.0. The first-order chi connectivity index (χ1) is 16.2. The first-order valence-electron chi connectivity index (χ1n) is 10.7. The summed E-state index contributed by atoms with van der Waals surface area (Å²) in [5, 5.41) is 0. The van der Waals surface area contributed by atoms with Crippen LogP contribution in [0, 0.1) is 0 Å². The van der Waals surface area contributed by atoms with Crippen LogP contribution in [0.2, 0.25) is 0 Å². The van der Waals surface area contributed by atoms with Crippen molar-refractivity contribution in [1.82, 2.24) is 9.88 Å². The Balaban J connectivity index is 1.33. The minimum absolute atomic E-state index is 0.126. The highest BCUT2D eigenvalue weighted by atomic mass is 16.5. The summed E-state index contributed by atoms with van der Waals surface area (Å²) in [6, 6.07) is 13.3. The van der Waals surface area contributed by atoms with Crippen LogP contribution in [0.1, 0.15) is 27.0 Å².